The lowest BCUT2D eigenvalue weighted by Gasteiger charge is -1.93. The highest BCUT2D eigenvalue weighted by molar-refractivity contribution is 5.70. The lowest BCUT2D eigenvalue weighted by Crippen LogP contribution is -2.28. The molecule has 78 valence electrons. The Bertz CT molecular complexity index is 270. The van der Waals surface area contributed by atoms with E-state index >= 15 is 0 Å². The molecule has 0 aliphatic heterocycles. The average Bonchev–Trinajstić information content (AvgIpc) is 2.03. The first-order valence-electron chi connectivity index (χ1n) is 3.28. The van der Waals surface area contributed by atoms with E-state index in [0.29, 0.717) is 0 Å². The molecule has 0 saturated carbocycles. The molecule has 0 rings (SSSR count). The van der Waals surface area contributed by atoms with Crippen LogP contribution in [0.4, 0.5) is 4.79 Å². The van der Waals surface area contributed by atoms with Crippen LogP contribution < -0.4 is 5.43 Å². The number of hydrazone groups is 1. The lowest BCUT2D eigenvalue weighted by molar-refractivity contribution is -0.503. The molecule has 10 heteroatoms. The van der Waals surface area contributed by atoms with Gasteiger partial charge in [0.1, 0.15) is 0 Å². The van der Waals surface area contributed by atoms with E-state index in [2.05, 4.69) is 9.84 Å². The summed E-state index contributed by atoms with van der Waals surface area (Å²) in [4.78, 5) is 27.7. The van der Waals surface area contributed by atoms with Crippen molar-refractivity contribution in [1.29, 1.82) is 0 Å². The Morgan fingerprint density at radius 2 is 1.93 bits per heavy atom. The number of rotatable bonds is 2. The fraction of sp³-hybridized carbons (Fsp3) is 0.500. The van der Waals surface area contributed by atoms with Crippen molar-refractivity contribution >= 4 is 12.1 Å². The highest BCUT2D eigenvalue weighted by Crippen LogP contribution is 1.82. The van der Waals surface area contributed by atoms with E-state index in [4.69, 9.17) is 0 Å². The van der Waals surface area contributed by atoms with Crippen molar-refractivity contribution in [3.8, 4) is 0 Å². The molecule has 14 heavy (non-hydrogen) atoms. The zero-order chi connectivity index (χ0) is 11.1. The summed E-state index contributed by atoms with van der Waals surface area (Å²) in [7, 11) is 0. The SMILES string of the molecule is CCOC(=O)NN=C([N+](=O)[O-])[N+](=O)[O-]. The Hall–Kier alpha value is -2.26. The van der Waals surface area contributed by atoms with Crippen LogP contribution in [0.1, 0.15) is 6.92 Å². The van der Waals surface area contributed by atoms with E-state index < -0.39 is 21.9 Å². The number of nitrogens with zero attached hydrogens (tertiary/aromatic N) is 3. The van der Waals surface area contributed by atoms with Gasteiger partial charge in [0.25, 0.3) is 0 Å². The van der Waals surface area contributed by atoms with E-state index in [0.717, 1.165) is 0 Å². The standard InChI is InChI=1S/C4H6N4O6/c1-2-14-4(9)6-5-3(7(10)11)8(12)13/h2H2,1H3,(H,6,9). The summed E-state index contributed by atoms with van der Waals surface area (Å²) in [5.41, 5.74) is 1.49. The molecule has 0 atom stereocenters. The van der Waals surface area contributed by atoms with Crippen LogP contribution in [0.3, 0.4) is 0 Å². The number of nitrogens with one attached hydrogen (secondary N) is 1. The van der Waals surface area contributed by atoms with Crippen LogP contribution in [0, 0.1) is 20.2 Å². The first kappa shape index (κ1) is 11.7. The van der Waals surface area contributed by atoms with Crippen molar-refractivity contribution in [3.05, 3.63) is 20.2 Å². The van der Waals surface area contributed by atoms with Gasteiger partial charge in [-0.25, -0.2) is 4.79 Å². The van der Waals surface area contributed by atoms with E-state index in [-0.39, 0.29) is 6.61 Å². The smallest absolute Gasteiger partial charge is 0.447 e. The topological polar surface area (TPSA) is 137 Å². The second-order valence-corrected chi connectivity index (χ2v) is 1.76. The van der Waals surface area contributed by atoms with Gasteiger partial charge < -0.3 is 25.0 Å². The van der Waals surface area contributed by atoms with Gasteiger partial charge in [0, 0.05) is 0 Å². The Morgan fingerprint density at radius 3 is 2.29 bits per heavy atom. The molecule has 0 aromatic rings. The summed E-state index contributed by atoms with van der Waals surface area (Å²) in [5.74, 6) is -1.59. The number of amides is 1. The third-order valence-corrected chi connectivity index (χ3v) is 0.849. The van der Waals surface area contributed by atoms with Crippen LogP contribution in [0.25, 0.3) is 0 Å². The second kappa shape index (κ2) is 5.40. The molecule has 0 bridgehead atoms. The Kier molecular flexibility index (Phi) is 4.53. The number of carbonyl (C=O) groups excluding carboxylic acids is 1. The third kappa shape index (κ3) is 3.94. The predicted molar refractivity (Wildman–Crippen MR) is 41.6 cm³/mol. The number of guanidine groups is 1. The maximum Gasteiger partial charge on any atom is 0.699 e. The highest BCUT2D eigenvalue weighted by Gasteiger charge is 2.29. The summed E-state index contributed by atoms with van der Waals surface area (Å²) in [6, 6.07) is 0. The number of hydrogen-bond donors (Lipinski definition) is 1. The van der Waals surface area contributed by atoms with Crippen LogP contribution in [0.5, 0.6) is 0 Å². The summed E-state index contributed by atoms with van der Waals surface area (Å²) in [5, 5.41) is 22.5. The summed E-state index contributed by atoms with van der Waals surface area (Å²) in [6.07, 6.45) is -1.10. The largest absolute Gasteiger partial charge is 0.699 e. The van der Waals surface area contributed by atoms with Gasteiger partial charge >= 0.3 is 12.1 Å². The first-order valence-corrected chi connectivity index (χ1v) is 3.28. The van der Waals surface area contributed by atoms with Crippen molar-refractivity contribution in [2.75, 3.05) is 6.61 Å². The van der Waals surface area contributed by atoms with Crippen molar-refractivity contribution in [2.24, 2.45) is 5.10 Å². The molecule has 0 aliphatic carbocycles. The zero-order valence-corrected chi connectivity index (χ0v) is 7.00. The number of nitro groups is 2. The molecule has 0 fully saturated rings. The molecule has 0 aromatic carbocycles. The summed E-state index contributed by atoms with van der Waals surface area (Å²) >= 11 is 0. The molecule has 0 spiro atoms. The second-order valence-electron chi connectivity index (χ2n) is 1.76. The number of carbonyl (C=O) groups is 1. The van der Waals surface area contributed by atoms with Crippen LogP contribution in [-0.4, -0.2) is 28.5 Å². The van der Waals surface area contributed by atoms with E-state index in [1.54, 1.807) is 0 Å². The molecule has 0 saturated heterocycles. The first-order chi connectivity index (χ1) is 6.49. The van der Waals surface area contributed by atoms with Crippen molar-refractivity contribution in [1.82, 2.24) is 5.43 Å². The predicted octanol–water partition coefficient (Wildman–Crippen LogP) is -0.443. The summed E-state index contributed by atoms with van der Waals surface area (Å²) in [6.45, 7) is 1.51. The average molecular weight is 206 g/mol. The molecule has 0 radical (unpaired) electrons. The Labute approximate surface area is 76.8 Å². The molecule has 1 amide bonds. The quantitative estimate of drug-likeness (QED) is 0.281. The normalized spacial score (nSPS) is 8.64. The van der Waals surface area contributed by atoms with Gasteiger partial charge in [-0.3, -0.25) is 0 Å². The van der Waals surface area contributed by atoms with Crippen molar-refractivity contribution < 1.29 is 19.4 Å². The maximum absolute atomic E-state index is 10.5. The fourth-order valence-corrected chi connectivity index (χ4v) is 0.407. The molecule has 0 aliphatic rings. The number of ether oxygens (including phenoxy) is 1. The number of hydrogen-bond acceptors (Lipinski definition) is 7. The molecular weight excluding hydrogens is 200 g/mol. The van der Waals surface area contributed by atoms with Gasteiger partial charge in [-0.15, -0.1) is 0 Å². The molecule has 0 aromatic heterocycles. The van der Waals surface area contributed by atoms with Gasteiger partial charge in [0.05, 0.1) is 16.5 Å². The fourth-order valence-electron chi connectivity index (χ4n) is 0.407. The van der Waals surface area contributed by atoms with Crippen LogP contribution in [0.2, 0.25) is 0 Å². The monoisotopic (exact) mass is 206 g/mol. The summed E-state index contributed by atoms with van der Waals surface area (Å²) < 4.78 is 4.25. The van der Waals surface area contributed by atoms with Crippen LogP contribution in [0.15, 0.2) is 5.10 Å². The van der Waals surface area contributed by atoms with Crippen molar-refractivity contribution in [3.63, 3.8) is 0 Å². The highest BCUT2D eigenvalue weighted by atomic mass is 16.7. The third-order valence-electron chi connectivity index (χ3n) is 0.849. The van der Waals surface area contributed by atoms with Gasteiger partial charge in [0.2, 0.25) is 0 Å². The van der Waals surface area contributed by atoms with Gasteiger partial charge in [-0.2, -0.15) is 0 Å². The van der Waals surface area contributed by atoms with E-state index in [1.165, 1.54) is 12.3 Å². The molecule has 0 heterocycles. The Balaban J connectivity index is 4.38. The minimum absolute atomic E-state index is 0.0214. The minimum atomic E-state index is -1.59. The molecule has 10 nitrogen and oxygen atoms in total. The van der Waals surface area contributed by atoms with Crippen molar-refractivity contribution in [2.45, 2.75) is 6.92 Å². The van der Waals surface area contributed by atoms with Crippen LogP contribution in [-0.2, 0) is 4.74 Å². The maximum atomic E-state index is 10.5. The van der Waals surface area contributed by atoms with E-state index in [9.17, 15) is 25.0 Å². The molecule has 1 N–H and O–H groups in total. The van der Waals surface area contributed by atoms with Crippen LogP contribution >= 0.6 is 0 Å². The molecular formula is C4H6N4O6. The van der Waals surface area contributed by atoms with E-state index in [1.807, 2.05) is 0 Å². The lowest BCUT2D eigenvalue weighted by atomic mass is 10.9. The zero-order valence-electron chi connectivity index (χ0n) is 7.00. The van der Waals surface area contributed by atoms with Gasteiger partial charge in [0.15, 0.2) is 5.10 Å². The van der Waals surface area contributed by atoms with Gasteiger partial charge in [-0.05, 0) is 6.92 Å². The molecule has 0 unspecified atom stereocenters. The van der Waals surface area contributed by atoms with Gasteiger partial charge in [-0.1, -0.05) is 5.43 Å². The Morgan fingerprint density at radius 1 is 1.43 bits per heavy atom. The minimum Gasteiger partial charge on any atom is -0.447 e.